The van der Waals surface area contributed by atoms with Crippen molar-refractivity contribution in [2.45, 2.75) is 45.4 Å². The van der Waals surface area contributed by atoms with Crippen LogP contribution in [-0.2, 0) is 22.4 Å². The summed E-state index contributed by atoms with van der Waals surface area (Å²) in [7, 11) is 0. The Bertz CT molecular complexity index is 1410. The number of hydrogen-bond acceptors (Lipinski definition) is 5. The number of aryl methyl sites for hydroxylation is 1. The molecule has 2 amide bonds. The van der Waals surface area contributed by atoms with Gasteiger partial charge in [-0.2, -0.15) is 0 Å². The smallest absolute Gasteiger partial charge is 0.336 e. The quantitative estimate of drug-likeness (QED) is 0.479. The predicted molar refractivity (Wildman–Crippen MR) is 144 cm³/mol. The lowest BCUT2D eigenvalue weighted by Crippen LogP contribution is -2.45. The summed E-state index contributed by atoms with van der Waals surface area (Å²) >= 11 is 0. The first-order valence-corrected chi connectivity index (χ1v) is 13.7. The van der Waals surface area contributed by atoms with E-state index in [0.29, 0.717) is 23.7 Å². The third-order valence-electron chi connectivity index (χ3n) is 8.85. The average molecular weight is 515 g/mol. The Labute approximate surface area is 222 Å². The van der Waals surface area contributed by atoms with Gasteiger partial charge in [0.2, 0.25) is 5.91 Å². The zero-order valence-electron chi connectivity index (χ0n) is 21.9. The Kier molecular flexibility index (Phi) is 6.46. The van der Waals surface area contributed by atoms with Crippen LogP contribution >= 0.6 is 0 Å². The van der Waals surface area contributed by atoms with E-state index in [-0.39, 0.29) is 23.8 Å². The fraction of sp³-hybridized carbons (Fsp3) is 0.452. The van der Waals surface area contributed by atoms with Gasteiger partial charge in [-0.3, -0.25) is 9.59 Å². The molecule has 3 aromatic rings. The van der Waals surface area contributed by atoms with Gasteiger partial charge in [-0.1, -0.05) is 24.3 Å². The van der Waals surface area contributed by atoms with Crippen molar-refractivity contribution in [1.29, 1.82) is 0 Å². The van der Waals surface area contributed by atoms with Crippen molar-refractivity contribution in [3.05, 3.63) is 75.6 Å². The highest BCUT2D eigenvalue weighted by molar-refractivity contribution is 5.82. The van der Waals surface area contributed by atoms with E-state index in [2.05, 4.69) is 24.3 Å². The number of fused-ring (bicyclic) bond motifs is 2. The molecule has 3 aliphatic rings. The summed E-state index contributed by atoms with van der Waals surface area (Å²) in [4.78, 5) is 41.6. The van der Waals surface area contributed by atoms with Crippen molar-refractivity contribution in [2.24, 2.45) is 11.3 Å². The van der Waals surface area contributed by atoms with Crippen molar-refractivity contribution in [1.82, 2.24) is 9.80 Å². The summed E-state index contributed by atoms with van der Waals surface area (Å²) in [5, 5.41) is 0.850. The molecule has 2 saturated heterocycles. The first-order valence-electron chi connectivity index (χ1n) is 13.7. The number of benzene rings is 2. The molecular weight excluding hydrogens is 480 g/mol. The van der Waals surface area contributed by atoms with Gasteiger partial charge in [-0.05, 0) is 79.2 Å². The van der Waals surface area contributed by atoms with E-state index < -0.39 is 5.63 Å². The van der Waals surface area contributed by atoms with Gasteiger partial charge >= 0.3 is 5.63 Å². The molecule has 0 saturated carbocycles. The molecule has 0 N–H and O–H groups in total. The maximum absolute atomic E-state index is 13.0. The number of carbonyl (C=O) groups is 2. The molecule has 0 bridgehead atoms. The molecule has 1 spiro atoms. The van der Waals surface area contributed by atoms with Gasteiger partial charge in [0.05, 0.1) is 0 Å². The first kappa shape index (κ1) is 24.7. The Morgan fingerprint density at radius 3 is 2.34 bits per heavy atom. The van der Waals surface area contributed by atoms with Crippen molar-refractivity contribution in [3.63, 3.8) is 0 Å². The molecule has 7 nitrogen and oxygen atoms in total. The molecule has 2 aromatic carbocycles. The number of likely N-dealkylation sites (tertiary alicyclic amines) is 2. The van der Waals surface area contributed by atoms with E-state index >= 15 is 0 Å². The van der Waals surface area contributed by atoms with Crippen LogP contribution in [0.5, 0.6) is 5.75 Å². The van der Waals surface area contributed by atoms with Crippen LogP contribution in [-0.4, -0.2) is 54.4 Å². The van der Waals surface area contributed by atoms with E-state index in [0.717, 1.165) is 69.2 Å². The number of rotatable bonds is 5. The molecular formula is C31H34N2O5. The standard InChI is InChI=1S/C31H34N2O5/c1-21-14-30(36)38-27-18-25(6-7-26(21)27)37-19-29(35)33-13-10-31(20-33)8-11-32(12-9-31)28(34)17-22-15-23-4-2-3-5-24(23)16-22/h2-7,14,18,22H,8-13,15-17,19-20H2,1H3. The van der Waals surface area contributed by atoms with E-state index in [1.165, 1.54) is 17.2 Å². The Balaban J connectivity index is 0.983. The topological polar surface area (TPSA) is 80.1 Å². The maximum atomic E-state index is 13.0. The van der Waals surface area contributed by atoms with Crippen molar-refractivity contribution < 1.29 is 18.7 Å². The monoisotopic (exact) mass is 514 g/mol. The lowest BCUT2D eigenvalue weighted by molar-refractivity contribution is -0.136. The lowest BCUT2D eigenvalue weighted by Gasteiger charge is -2.39. The maximum Gasteiger partial charge on any atom is 0.336 e. The molecule has 0 unspecified atom stereocenters. The molecule has 1 aliphatic carbocycles. The minimum Gasteiger partial charge on any atom is -0.484 e. The molecule has 0 atom stereocenters. The van der Waals surface area contributed by atoms with Crippen LogP contribution < -0.4 is 10.4 Å². The minimum atomic E-state index is -0.401. The van der Waals surface area contributed by atoms with Crippen LogP contribution in [0.1, 0.15) is 42.4 Å². The molecule has 7 heteroatoms. The predicted octanol–water partition coefficient (Wildman–Crippen LogP) is 4.13. The van der Waals surface area contributed by atoms with E-state index in [1.807, 2.05) is 22.8 Å². The zero-order chi connectivity index (χ0) is 26.3. The van der Waals surface area contributed by atoms with Gasteiger partial charge in [-0.15, -0.1) is 0 Å². The fourth-order valence-electron chi connectivity index (χ4n) is 6.59. The highest BCUT2D eigenvalue weighted by Crippen LogP contribution is 2.41. The van der Waals surface area contributed by atoms with Crippen LogP contribution in [0, 0.1) is 18.3 Å². The third-order valence-corrected chi connectivity index (χ3v) is 8.85. The van der Waals surface area contributed by atoms with Gasteiger partial charge in [0.15, 0.2) is 6.61 Å². The second kappa shape index (κ2) is 9.93. The molecule has 2 aliphatic heterocycles. The van der Waals surface area contributed by atoms with E-state index in [1.54, 1.807) is 12.1 Å². The van der Waals surface area contributed by atoms with Crippen LogP contribution in [0.4, 0.5) is 0 Å². The Morgan fingerprint density at radius 2 is 1.63 bits per heavy atom. The van der Waals surface area contributed by atoms with Crippen molar-refractivity contribution in [2.75, 3.05) is 32.8 Å². The normalized spacial score (nSPS) is 18.8. The molecule has 0 radical (unpaired) electrons. The number of ether oxygens (including phenoxy) is 1. The summed E-state index contributed by atoms with van der Waals surface area (Å²) in [5.41, 5.74) is 3.79. The second-order valence-electron chi connectivity index (χ2n) is 11.4. The summed E-state index contributed by atoms with van der Waals surface area (Å²) in [6, 6.07) is 15.3. The Hall–Kier alpha value is -3.61. The van der Waals surface area contributed by atoms with Crippen molar-refractivity contribution >= 4 is 22.8 Å². The Morgan fingerprint density at radius 1 is 0.947 bits per heavy atom. The number of nitrogens with zero attached hydrogens (tertiary/aromatic N) is 2. The summed E-state index contributed by atoms with van der Waals surface area (Å²) < 4.78 is 11.1. The minimum absolute atomic E-state index is 0.0352. The molecule has 3 heterocycles. The number of carbonyl (C=O) groups excluding carboxylic acids is 2. The number of piperidine rings is 1. The third kappa shape index (κ3) is 4.94. The fourth-order valence-corrected chi connectivity index (χ4v) is 6.59. The van der Waals surface area contributed by atoms with Gasteiger partial charge in [-0.25, -0.2) is 4.79 Å². The first-order chi connectivity index (χ1) is 18.4. The van der Waals surface area contributed by atoms with Gasteiger partial charge in [0, 0.05) is 50.1 Å². The highest BCUT2D eigenvalue weighted by Gasteiger charge is 2.43. The van der Waals surface area contributed by atoms with Gasteiger partial charge in [0.1, 0.15) is 11.3 Å². The average Bonchev–Trinajstić information content (AvgIpc) is 3.51. The van der Waals surface area contributed by atoms with Crippen LogP contribution in [0.3, 0.4) is 0 Å². The largest absolute Gasteiger partial charge is 0.484 e. The second-order valence-corrected chi connectivity index (χ2v) is 11.4. The molecule has 6 rings (SSSR count). The van der Waals surface area contributed by atoms with E-state index in [4.69, 9.17) is 9.15 Å². The molecule has 1 aromatic heterocycles. The zero-order valence-corrected chi connectivity index (χ0v) is 21.9. The summed E-state index contributed by atoms with van der Waals surface area (Å²) in [6.07, 6.45) is 5.49. The SMILES string of the molecule is Cc1cc(=O)oc2cc(OCC(=O)N3CCC4(CCN(C(=O)CC5Cc6ccccc6C5)CC4)C3)ccc12. The molecule has 198 valence electrons. The van der Waals surface area contributed by atoms with E-state index in [9.17, 15) is 14.4 Å². The van der Waals surface area contributed by atoms with Gasteiger partial charge in [0.25, 0.3) is 5.91 Å². The van der Waals surface area contributed by atoms with Crippen molar-refractivity contribution in [3.8, 4) is 5.75 Å². The van der Waals surface area contributed by atoms with Crippen LogP contribution in [0.2, 0.25) is 0 Å². The molecule has 2 fully saturated rings. The number of amides is 2. The summed E-state index contributed by atoms with van der Waals surface area (Å²) in [5.74, 6) is 1.16. The highest BCUT2D eigenvalue weighted by atomic mass is 16.5. The molecule has 38 heavy (non-hydrogen) atoms. The number of hydrogen-bond donors (Lipinski definition) is 0. The lowest BCUT2D eigenvalue weighted by atomic mass is 9.77. The van der Waals surface area contributed by atoms with Crippen LogP contribution in [0.15, 0.2) is 57.7 Å². The van der Waals surface area contributed by atoms with Gasteiger partial charge < -0.3 is 19.0 Å². The van der Waals surface area contributed by atoms with Crippen LogP contribution in [0.25, 0.3) is 11.0 Å². The summed E-state index contributed by atoms with van der Waals surface area (Å²) in [6.45, 7) is 4.81.